The number of methoxy groups -OCH3 is 1. The highest BCUT2D eigenvalue weighted by molar-refractivity contribution is 5.97. The van der Waals surface area contributed by atoms with Crippen LogP contribution >= 0.6 is 0 Å². The van der Waals surface area contributed by atoms with Crippen LogP contribution in [0.2, 0.25) is 0 Å². The Morgan fingerprint density at radius 1 is 1.08 bits per heavy atom. The van der Waals surface area contributed by atoms with Crippen LogP contribution < -0.4 is 14.8 Å². The van der Waals surface area contributed by atoms with Crippen molar-refractivity contribution >= 4 is 5.91 Å². The second-order valence-electron chi connectivity index (χ2n) is 5.41. The van der Waals surface area contributed by atoms with Gasteiger partial charge < -0.3 is 14.8 Å². The van der Waals surface area contributed by atoms with E-state index in [1.165, 1.54) is 0 Å². The molecule has 0 saturated carbocycles. The zero-order chi connectivity index (χ0) is 17.5. The van der Waals surface area contributed by atoms with Crippen LogP contribution in [0.15, 0.2) is 42.5 Å². The first-order valence-corrected chi connectivity index (χ1v) is 7.73. The fourth-order valence-electron chi connectivity index (χ4n) is 2.16. The lowest BCUT2D eigenvalue weighted by atomic mass is 10.1. The quantitative estimate of drug-likeness (QED) is 0.879. The molecule has 1 amide bonds. The largest absolute Gasteiger partial charge is 0.495 e. The predicted molar refractivity (Wildman–Crippen MR) is 94.6 cm³/mol. The standard InChI is InChI=1S/C20H21NO3/c1-14(2)24-19-12-10-15(13-17(19)20(22)21-3)9-11-16-7-5-6-8-18(16)23-4/h5-8,10,12-14H,1-4H3,(H,21,22). The van der Waals surface area contributed by atoms with E-state index in [9.17, 15) is 4.79 Å². The molecule has 0 spiro atoms. The van der Waals surface area contributed by atoms with Gasteiger partial charge in [0.25, 0.3) is 5.91 Å². The third kappa shape index (κ3) is 4.30. The summed E-state index contributed by atoms with van der Waals surface area (Å²) in [6.45, 7) is 3.84. The molecule has 0 saturated heterocycles. The Kier molecular flexibility index (Phi) is 5.86. The first kappa shape index (κ1) is 17.4. The van der Waals surface area contributed by atoms with Gasteiger partial charge in [-0.15, -0.1) is 0 Å². The number of nitrogens with one attached hydrogen (secondary N) is 1. The van der Waals surface area contributed by atoms with Crippen LogP contribution in [0, 0.1) is 11.8 Å². The average molecular weight is 323 g/mol. The molecule has 0 aliphatic rings. The average Bonchev–Trinajstić information content (AvgIpc) is 2.59. The highest BCUT2D eigenvalue weighted by Gasteiger charge is 2.13. The number of amides is 1. The molecule has 4 heteroatoms. The molecule has 2 rings (SSSR count). The molecule has 0 aliphatic heterocycles. The van der Waals surface area contributed by atoms with Crippen LogP contribution in [0.1, 0.15) is 35.3 Å². The lowest BCUT2D eigenvalue weighted by Crippen LogP contribution is -2.20. The number of carbonyl (C=O) groups excluding carboxylic acids is 1. The first-order chi connectivity index (χ1) is 11.5. The SMILES string of the molecule is CNC(=O)c1cc(C#Cc2ccccc2OC)ccc1OC(C)C. The van der Waals surface area contributed by atoms with E-state index in [2.05, 4.69) is 17.2 Å². The van der Waals surface area contributed by atoms with E-state index in [1.54, 1.807) is 26.3 Å². The fraction of sp³-hybridized carbons (Fsp3) is 0.250. The molecule has 0 aliphatic carbocycles. The van der Waals surface area contributed by atoms with Crippen molar-refractivity contribution in [3.63, 3.8) is 0 Å². The van der Waals surface area contributed by atoms with Gasteiger partial charge >= 0.3 is 0 Å². The van der Waals surface area contributed by atoms with Crippen molar-refractivity contribution in [2.45, 2.75) is 20.0 Å². The van der Waals surface area contributed by atoms with Gasteiger partial charge in [-0.2, -0.15) is 0 Å². The maximum absolute atomic E-state index is 12.1. The molecule has 0 radical (unpaired) electrons. The zero-order valence-electron chi connectivity index (χ0n) is 14.3. The van der Waals surface area contributed by atoms with E-state index in [0.717, 1.165) is 16.9 Å². The minimum absolute atomic E-state index is 0.0149. The second-order valence-corrected chi connectivity index (χ2v) is 5.41. The fourth-order valence-corrected chi connectivity index (χ4v) is 2.16. The molecule has 0 unspecified atom stereocenters. The number of hydrogen-bond acceptors (Lipinski definition) is 3. The molecule has 0 atom stereocenters. The van der Waals surface area contributed by atoms with Gasteiger partial charge in [-0.3, -0.25) is 4.79 Å². The van der Waals surface area contributed by atoms with Crippen LogP contribution in [-0.2, 0) is 0 Å². The smallest absolute Gasteiger partial charge is 0.254 e. The summed E-state index contributed by atoms with van der Waals surface area (Å²) in [5.41, 5.74) is 2.00. The lowest BCUT2D eigenvalue weighted by Gasteiger charge is -2.13. The highest BCUT2D eigenvalue weighted by Crippen LogP contribution is 2.22. The molecule has 2 aromatic rings. The summed E-state index contributed by atoms with van der Waals surface area (Å²) in [5, 5.41) is 2.63. The van der Waals surface area contributed by atoms with Crippen LogP contribution in [0.3, 0.4) is 0 Å². The van der Waals surface area contributed by atoms with E-state index in [0.29, 0.717) is 11.3 Å². The van der Waals surface area contributed by atoms with Gasteiger partial charge in [0, 0.05) is 12.6 Å². The van der Waals surface area contributed by atoms with Gasteiger partial charge in [0.1, 0.15) is 11.5 Å². The Balaban J connectivity index is 2.39. The van der Waals surface area contributed by atoms with Gasteiger partial charge in [0.05, 0.1) is 24.3 Å². The zero-order valence-corrected chi connectivity index (χ0v) is 14.3. The summed E-state index contributed by atoms with van der Waals surface area (Å²) < 4.78 is 11.0. The van der Waals surface area contributed by atoms with E-state index < -0.39 is 0 Å². The van der Waals surface area contributed by atoms with Crippen molar-refractivity contribution in [3.8, 4) is 23.3 Å². The van der Waals surface area contributed by atoms with Crippen molar-refractivity contribution in [2.24, 2.45) is 0 Å². The summed E-state index contributed by atoms with van der Waals surface area (Å²) in [6, 6.07) is 12.9. The van der Waals surface area contributed by atoms with Crippen molar-refractivity contribution in [2.75, 3.05) is 14.2 Å². The van der Waals surface area contributed by atoms with Gasteiger partial charge in [0.15, 0.2) is 0 Å². The van der Waals surface area contributed by atoms with Gasteiger partial charge in [-0.05, 0) is 44.2 Å². The highest BCUT2D eigenvalue weighted by atomic mass is 16.5. The summed E-state index contributed by atoms with van der Waals surface area (Å²) in [4.78, 5) is 12.1. The van der Waals surface area contributed by atoms with Gasteiger partial charge in [-0.25, -0.2) is 0 Å². The van der Waals surface area contributed by atoms with Crippen LogP contribution in [0.5, 0.6) is 11.5 Å². The van der Waals surface area contributed by atoms with E-state index >= 15 is 0 Å². The summed E-state index contributed by atoms with van der Waals surface area (Å²) >= 11 is 0. The Hall–Kier alpha value is -2.93. The number of rotatable bonds is 4. The topological polar surface area (TPSA) is 47.6 Å². The van der Waals surface area contributed by atoms with Crippen molar-refractivity contribution < 1.29 is 14.3 Å². The maximum atomic E-state index is 12.1. The molecule has 0 fully saturated rings. The predicted octanol–water partition coefficient (Wildman–Crippen LogP) is 3.24. The molecular formula is C20H21NO3. The summed E-state index contributed by atoms with van der Waals surface area (Å²) in [5.74, 6) is 7.21. The van der Waals surface area contributed by atoms with Crippen molar-refractivity contribution in [1.82, 2.24) is 5.32 Å². The van der Waals surface area contributed by atoms with Crippen molar-refractivity contribution in [3.05, 3.63) is 59.2 Å². The lowest BCUT2D eigenvalue weighted by molar-refractivity contribution is 0.0957. The third-order valence-electron chi connectivity index (χ3n) is 3.26. The Morgan fingerprint density at radius 3 is 2.50 bits per heavy atom. The minimum atomic E-state index is -0.202. The minimum Gasteiger partial charge on any atom is -0.495 e. The monoisotopic (exact) mass is 323 g/mol. The van der Waals surface area contributed by atoms with Crippen LogP contribution in [0.4, 0.5) is 0 Å². The van der Waals surface area contributed by atoms with Gasteiger partial charge in [0.2, 0.25) is 0 Å². The summed E-state index contributed by atoms with van der Waals surface area (Å²) in [7, 11) is 3.21. The Morgan fingerprint density at radius 2 is 1.83 bits per heavy atom. The molecule has 0 aromatic heterocycles. The van der Waals surface area contributed by atoms with E-state index in [4.69, 9.17) is 9.47 Å². The number of benzene rings is 2. The van der Waals surface area contributed by atoms with E-state index in [1.807, 2.05) is 44.2 Å². The molecule has 0 heterocycles. The molecule has 124 valence electrons. The number of para-hydroxylation sites is 1. The molecule has 2 aromatic carbocycles. The van der Waals surface area contributed by atoms with Crippen molar-refractivity contribution in [1.29, 1.82) is 0 Å². The number of hydrogen-bond donors (Lipinski definition) is 1. The molecule has 24 heavy (non-hydrogen) atoms. The van der Waals surface area contributed by atoms with Gasteiger partial charge in [-0.1, -0.05) is 24.0 Å². The second kappa shape index (κ2) is 8.07. The summed E-state index contributed by atoms with van der Waals surface area (Å²) in [6.07, 6.45) is -0.0149. The van der Waals surface area contributed by atoms with Crippen LogP contribution in [-0.4, -0.2) is 26.2 Å². The first-order valence-electron chi connectivity index (χ1n) is 7.73. The molecule has 4 nitrogen and oxygen atoms in total. The third-order valence-corrected chi connectivity index (χ3v) is 3.26. The molecule has 0 bridgehead atoms. The Bertz CT molecular complexity index is 785. The maximum Gasteiger partial charge on any atom is 0.254 e. The molecule has 1 N–H and O–H groups in total. The Labute approximate surface area is 142 Å². The van der Waals surface area contributed by atoms with Crippen LogP contribution in [0.25, 0.3) is 0 Å². The van der Waals surface area contributed by atoms with E-state index in [-0.39, 0.29) is 12.0 Å². The number of ether oxygens (including phenoxy) is 2. The number of carbonyl (C=O) groups is 1. The normalized spacial score (nSPS) is 9.88. The molecular weight excluding hydrogens is 302 g/mol.